The predicted molar refractivity (Wildman–Crippen MR) is 121 cm³/mol. The van der Waals surface area contributed by atoms with Gasteiger partial charge in [0.05, 0.1) is 27.5 Å². The average Bonchev–Trinajstić information content (AvgIpc) is 3.20. The number of halogens is 2. The van der Waals surface area contributed by atoms with Gasteiger partial charge in [-0.1, -0.05) is 48.0 Å². The van der Waals surface area contributed by atoms with Crippen molar-refractivity contribution in [3.8, 4) is 0 Å². The van der Waals surface area contributed by atoms with Crippen molar-refractivity contribution in [3.63, 3.8) is 0 Å². The lowest BCUT2D eigenvalue weighted by Crippen LogP contribution is -2.15. The van der Waals surface area contributed by atoms with Gasteiger partial charge in [0.15, 0.2) is 5.78 Å². The van der Waals surface area contributed by atoms with Crippen LogP contribution in [0.2, 0.25) is 10.0 Å². The summed E-state index contributed by atoms with van der Waals surface area (Å²) in [6.45, 7) is 3.41. The number of carbonyl (C=O) groups is 3. The quantitative estimate of drug-likeness (QED) is 0.330. The van der Waals surface area contributed by atoms with Crippen LogP contribution in [-0.4, -0.2) is 27.8 Å². The van der Waals surface area contributed by atoms with Crippen LogP contribution < -0.4 is 10.6 Å². The molecule has 0 aliphatic rings. The zero-order valence-electron chi connectivity index (χ0n) is 16.2. The van der Waals surface area contributed by atoms with Gasteiger partial charge in [0, 0.05) is 12.1 Å². The second kappa shape index (κ2) is 10.1. The molecule has 0 atom stereocenters. The van der Waals surface area contributed by atoms with Gasteiger partial charge in [-0.15, -0.1) is 0 Å². The number of aromatic nitrogens is 2. The van der Waals surface area contributed by atoms with Crippen LogP contribution in [0.3, 0.4) is 0 Å². The Balaban J connectivity index is 1.67. The fraction of sp³-hybridized carbons (Fsp3) is 0.0909. The number of anilines is 2. The highest BCUT2D eigenvalue weighted by molar-refractivity contribution is 6.40. The topological polar surface area (TPSA) is 104 Å². The number of hydrogen-bond donors (Lipinski definition) is 3. The molecule has 3 aromatic rings. The summed E-state index contributed by atoms with van der Waals surface area (Å²) in [6, 6.07) is 11.9. The third-order valence-electron chi connectivity index (χ3n) is 4.38. The van der Waals surface area contributed by atoms with Crippen molar-refractivity contribution in [2.24, 2.45) is 0 Å². The maximum absolute atomic E-state index is 12.7. The molecule has 2 amide bonds. The summed E-state index contributed by atoms with van der Waals surface area (Å²) < 4.78 is 0. The molecule has 0 unspecified atom stereocenters. The Kier molecular flexibility index (Phi) is 7.23. The number of hydrogen-bond acceptors (Lipinski definition) is 4. The smallest absolute Gasteiger partial charge is 0.258 e. The van der Waals surface area contributed by atoms with E-state index in [1.54, 1.807) is 36.4 Å². The molecule has 0 bridgehead atoms. The van der Waals surface area contributed by atoms with Crippen molar-refractivity contribution in [2.75, 3.05) is 10.6 Å². The number of aryl methyl sites for hydroxylation is 1. The number of carbonyl (C=O) groups excluding carboxylic acids is 3. The summed E-state index contributed by atoms with van der Waals surface area (Å²) in [7, 11) is 0. The van der Waals surface area contributed by atoms with E-state index in [4.69, 9.17) is 23.2 Å². The van der Waals surface area contributed by atoms with Gasteiger partial charge in [0.1, 0.15) is 5.69 Å². The van der Waals surface area contributed by atoms with Crippen LogP contribution in [0.1, 0.15) is 32.8 Å². The van der Waals surface area contributed by atoms with Crippen LogP contribution in [-0.2, 0) is 11.2 Å². The molecule has 0 saturated carbocycles. The van der Waals surface area contributed by atoms with E-state index in [-0.39, 0.29) is 45.1 Å². The summed E-state index contributed by atoms with van der Waals surface area (Å²) in [4.78, 5) is 36.7. The molecule has 7 nitrogen and oxygen atoms in total. The molecular formula is C22H18Cl2N4O3. The first-order valence-corrected chi connectivity index (χ1v) is 9.99. The Morgan fingerprint density at radius 1 is 1.06 bits per heavy atom. The van der Waals surface area contributed by atoms with E-state index < -0.39 is 5.91 Å². The molecule has 0 aliphatic carbocycles. The Bertz CT molecular complexity index is 1140. The van der Waals surface area contributed by atoms with Crippen molar-refractivity contribution >= 4 is 52.2 Å². The highest BCUT2D eigenvalue weighted by atomic mass is 35.5. The molecule has 0 aliphatic heterocycles. The van der Waals surface area contributed by atoms with Crippen LogP contribution in [0.5, 0.6) is 0 Å². The molecule has 31 heavy (non-hydrogen) atoms. The van der Waals surface area contributed by atoms with Crippen molar-refractivity contribution < 1.29 is 14.4 Å². The molecular weight excluding hydrogens is 439 g/mol. The number of H-pyrrole nitrogens is 1. The lowest BCUT2D eigenvalue weighted by atomic mass is 10.0. The summed E-state index contributed by atoms with van der Waals surface area (Å²) in [5.74, 6) is -1.10. The molecule has 9 heteroatoms. The van der Waals surface area contributed by atoms with Crippen LogP contribution in [0.4, 0.5) is 11.4 Å². The molecule has 3 rings (SSSR count). The van der Waals surface area contributed by atoms with Gasteiger partial charge in [0.25, 0.3) is 5.91 Å². The lowest BCUT2D eigenvalue weighted by molar-refractivity contribution is -0.111. The maximum Gasteiger partial charge on any atom is 0.258 e. The number of ketones is 1. The van der Waals surface area contributed by atoms with E-state index in [0.717, 1.165) is 5.56 Å². The monoisotopic (exact) mass is 456 g/mol. The summed E-state index contributed by atoms with van der Waals surface area (Å²) in [5, 5.41) is 12.2. The van der Waals surface area contributed by atoms with E-state index in [1.165, 1.54) is 12.3 Å². The third kappa shape index (κ3) is 5.59. The van der Waals surface area contributed by atoms with Crippen molar-refractivity contribution in [1.82, 2.24) is 10.2 Å². The Hall–Kier alpha value is -3.42. The SMILES string of the molecule is C=CC(=O)Nc1cccc(CCC(=O)c2[nH]ncc2NC(=O)c2c(Cl)cccc2Cl)c1. The average molecular weight is 457 g/mol. The number of Topliss-reactive ketones (excluding diaryl/α,β-unsaturated/α-hetero) is 1. The summed E-state index contributed by atoms with van der Waals surface area (Å²) >= 11 is 12.1. The largest absolute Gasteiger partial charge is 0.323 e. The number of amides is 2. The van der Waals surface area contributed by atoms with E-state index in [1.807, 2.05) is 6.07 Å². The van der Waals surface area contributed by atoms with Gasteiger partial charge in [-0.3, -0.25) is 19.5 Å². The lowest BCUT2D eigenvalue weighted by Gasteiger charge is -2.09. The van der Waals surface area contributed by atoms with Gasteiger partial charge in [-0.2, -0.15) is 5.10 Å². The Morgan fingerprint density at radius 3 is 2.48 bits per heavy atom. The molecule has 1 aromatic heterocycles. The highest BCUT2D eigenvalue weighted by Crippen LogP contribution is 2.26. The summed E-state index contributed by atoms with van der Waals surface area (Å²) in [5.41, 5.74) is 2.00. The minimum atomic E-state index is -0.545. The molecule has 3 N–H and O–H groups in total. The Labute approximate surface area is 188 Å². The van der Waals surface area contributed by atoms with Crippen molar-refractivity contribution in [3.05, 3.63) is 88.2 Å². The van der Waals surface area contributed by atoms with E-state index in [9.17, 15) is 14.4 Å². The molecule has 0 radical (unpaired) electrons. The number of benzene rings is 2. The zero-order chi connectivity index (χ0) is 22.4. The fourth-order valence-corrected chi connectivity index (χ4v) is 3.44. The zero-order valence-corrected chi connectivity index (χ0v) is 17.8. The molecule has 0 spiro atoms. The first-order chi connectivity index (χ1) is 14.9. The van der Waals surface area contributed by atoms with E-state index >= 15 is 0 Å². The van der Waals surface area contributed by atoms with Crippen molar-refractivity contribution in [1.29, 1.82) is 0 Å². The first-order valence-electron chi connectivity index (χ1n) is 9.23. The van der Waals surface area contributed by atoms with E-state index in [2.05, 4.69) is 27.4 Å². The van der Waals surface area contributed by atoms with Crippen LogP contribution >= 0.6 is 23.2 Å². The van der Waals surface area contributed by atoms with Gasteiger partial charge in [0.2, 0.25) is 5.91 Å². The number of nitrogens with one attached hydrogen (secondary N) is 3. The Morgan fingerprint density at radius 2 is 1.77 bits per heavy atom. The minimum Gasteiger partial charge on any atom is -0.323 e. The normalized spacial score (nSPS) is 10.4. The minimum absolute atomic E-state index is 0.115. The molecule has 158 valence electrons. The van der Waals surface area contributed by atoms with E-state index in [0.29, 0.717) is 12.1 Å². The highest BCUT2D eigenvalue weighted by Gasteiger charge is 2.19. The van der Waals surface area contributed by atoms with Gasteiger partial charge in [-0.25, -0.2) is 0 Å². The molecule has 2 aromatic carbocycles. The van der Waals surface area contributed by atoms with Gasteiger partial charge in [-0.05, 0) is 42.3 Å². The van der Waals surface area contributed by atoms with Crippen molar-refractivity contribution in [2.45, 2.75) is 12.8 Å². The second-order valence-corrected chi connectivity index (χ2v) is 7.34. The predicted octanol–water partition coefficient (Wildman–Crippen LogP) is 4.91. The molecule has 1 heterocycles. The van der Waals surface area contributed by atoms with Crippen LogP contribution in [0.25, 0.3) is 0 Å². The number of rotatable bonds is 8. The third-order valence-corrected chi connectivity index (χ3v) is 5.01. The van der Waals surface area contributed by atoms with Gasteiger partial charge < -0.3 is 10.6 Å². The first kappa shape index (κ1) is 22.3. The fourth-order valence-electron chi connectivity index (χ4n) is 2.87. The van der Waals surface area contributed by atoms with Crippen LogP contribution in [0, 0.1) is 0 Å². The maximum atomic E-state index is 12.7. The molecule has 0 fully saturated rings. The molecule has 0 saturated heterocycles. The number of nitrogens with zero attached hydrogens (tertiary/aromatic N) is 1. The second-order valence-electron chi connectivity index (χ2n) is 6.53. The van der Waals surface area contributed by atoms with Crippen LogP contribution in [0.15, 0.2) is 61.3 Å². The van der Waals surface area contributed by atoms with Gasteiger partial charge >= 0.3 is 0 Å². The standard InChI is InChI=1S/C22H18Cl2N4O3/c1-2-19(30)26-14-6-3-5-13(11-14)9-10-18(29)21-17(12-25-28-21)27-22(31)20-15(23)7-4-8-16(20)24/h2-8,11-12H,1,9-10H2,(H,25,28)(H,26,30)(H,27,31). The summed E-state index contributed by atoms with van der Waals surface area (Å²) in [6.07, 6.45) is 3.12. The number of aromatic amines is 1.